The summed E-state index contributed by atoms with van der Waals surface area (Å²) in [6.07, 6.45) is 3.77. The van der Waals surface area contributed by atoms with Crippen LogP contribution in [0.1, 0.15) is 23.5 Å². The van der Waals surface area contributed by atoms with Crippen LogP contribution in [0.25, 0.3) is 15.3 Å². The number of thiazole rings is 1. The minimum Gasteiger partial charge on any atom is -0.506 e. The Morgan fingerprint density at radius 3 is 2.71 bits per heavy atom. The summed E-state index contributed by atoms with van der Waals surface area (Å²) in [5.74, 6) is 0.0957. The Bertz CT molecular complexity index is 1480. The first-order valence-corrected chi connectivity index (χ1v) is 12.2. The van der Waals surface area contributed by atoms with Gasteiger partial charge in [0, 0.05) is 17.4 Å². The van der Waals surface area contributed by atoms with Gasteiger partial charge in [-0.1, -0.05) is 41.1 Å². The highest BCUT2D eigenvalue weighted by Crippen LogP contribution is 2.45. The van der Waals surface area contributed by atoms with Crippen molar-refractivity contribution < 1.29 is 5.11 Å². The predicted molar refractivity (Wildman–Crippen MR) is 140 cm³/mol. The molecule has 6 rings (SSSR count). The zero-order valence-electron chi connectivity index (χ0n) is 17.7. The number of aromatic hydroxyl groups is 1. The number of rotatable bonds is 4. The Hall–Kier alpha value is -3.46. The van der Waals surface area contributed by atoms with Gasteiger partial charge in [0.15, 0.2) is 10.2 Å². The van der Waals surface area contributed by atoms with Crippen molar-refractivity contribution in [1.29, 1.82) is 0 Å². The molecule has 1 saturated heterocycles. The number of phenols is 1. The Balaban J connectivity index is 1.54. The van der Waals surface area contributed by atoms with Crippen LogP contribution in [0, 0.1) is 0 Å². The topological polar surface area (TPSA) is 66.2 Å². The molecule has 0 bridgehead atoms. The van der Waals surface area contributed by atoms with Crippen molar-refractivity contribution in [3.05, 3.63) is 102 Å². The second kappa shape index (κ2) is 8.39. The number of nitrogens with one attached hydrogen (secondary N) is 1. The number of para-hydroxylation sites is 1. The van der Waals surface area contributed by atoms with Gasteiger partial charge in [-0.3, -0.25) is 9.55 Å². The number of hydrogen-bond donors (Lipinski definition) is 2. The normalized spacial score (nSPS) is 17.9. The molecule has 2 N–H and O–H groups in total. The van der Waals surface area contributed by atoms with Crippen LogP contribution in [-0.4, -0.2) is 24.8 Å². The van der Waals surface area contributed by atoms with Crippen LogP contribution in [0.3, 0.4) is 0 Å². The maximum absolute atomic E-state index is 10.7. The van der Waals surface area contributed by atoms with Crippen molar-refractivity contribution >= 4 is 56.2 Å². The third-order valence-electron chi connectivity index (χ3n) is 5.87. The second-order valence-corrected chi connectivity index (χ2v) is 9.73. The molecule has 0 saturated carbocycles. The van der Waals surface area contributed by atoms with Gasteiger partial charge in [-0.25, -0.2) is 4.98 Å². The van der Waals surface area contributed by atoms with E-state index in [1.807, 2.05) is 53.6 Å². The van der Waals surface area contributed by atoms with E-state index in [9.17, 15) is 5.11 Å². The monoisotopic (exact) mass is 503 g/mol. The van der Waals surface area contributed by atoms with E-state index in [0.717, 1.165) is 26.7 Å². The van der Waals surface area contributed by atoms with Gasteiger partial charge in [0.05, 0.1) is 33.3 Å². The van der Waals surface area contributed by atoms with Crippen LogP contribution >= 0.6 is 35.2 Å². The second-order valence-electron chi connectivity index (χ2n) is 7.90. The van der Waals surface area contributed by atoms with Crippen molar-refractivity contribution in [2.75, 3.05) is 4.90 Å². The van der Waals surface area contributed by atoms with Gasteiger partial charge < -0.3 is 15.3 Å². The van der Waals surface area contributed by atoms with Gasteiger partial charge in [0.1, 0.15) is 11.8 Å². The van der Waals surface area contributed by atoms with Gasteiger partial charge in [-0.15, -0.1) is 0 Å². The lowest BCUT2D eigenvalue weighted by molar-refractivity contribution is 0.472. The number of nitrogens with zero attached hydrogens (tertiary/aromatic N) is 4. The molecule has 2 atom stereocenters. The molecule has 5 aromatic rings. The maximum Gasteiger partial charge on any atom is 0.194 e. The molecular formula is C25H18ClN5OS2. The average Bonchev–Trinajstić information content (AvgIpc) is 3.57. The van der Waals surface area contributed by atoms with Crippen molar-refractivity contribution in [2.24, 2.45) is 0 Å². The summed E-state index contributed by atoms with van der Waals surface area (Å²) in [6.45, 7) is 0. The molecule has 0 amide bonds. The quantitative estimate of drug-likeness (QED) is 0.292. The summed E-state index contributed by atoms with van der Waals surface area (Å²) in [5.41, 5.74) is 3.29. The molecule has 0 unspecified atom stereocenters. The number of anilines is 1. The number of phenolic OH excluding ortho intramolecular Hbond substituents is 1. The van der Waals surface area contributed by atoms with E-state index in [1.54, 1.807) is 35.7 Å². The fourth-order valence-electron chi connectivity index (χ4n) is 4.38. The van der Waals surface area contributed by atoms with Crippen LogP contribution in [-0.2, 0) is 0 Å². The van der Waals surface area contributed by atoms with E-state index in [2.05, 4.69) is 27.0 Å². The van der Waals surface area contributed by atoms with E-state index in [1.165, 1.54) is 0 Å². The number of pyridine rings is 1. The summed E-state index contributed by atoms with van der Waals surface area (Å²) in [5, 5.41) is 16.0. The minimum absolute atomic E-state index is 0.0957. The molecular weight excluding hydrogens is 486 g/mol. The van der Waals surface area contributed by atoms with Gasteiger partial charge in [-0.2, -0.15) is 0 Å². The number of fused-ring (bicyclic) bond motifs is 1. The summed E-state index contributed by atoms with van der Waals surface area (Å²) >= 11 is 13.7. The van der Waals surface area contributed by atoms with Gasteiger partial charge in [-0.05, 0) is 66.8 Å². The Morgan fingerprint density at radius 1 is 1.03 bits per heavy atom. The standard InChI is InChI=1S/C25H18ClN5OS2/c26-15-10-11-20(32)19(14-15)31-23(22(29-24(31)33)17-7-3-4-12-27-17)18-8-5-13-30(18)25-28-16-6-1-2-9-21(16)34-25/h1-14,22-23,32H,(H,29,33)/t22-,23-/m0/s1. The van der Waals surface area contributed by atoms with Crippen LogP contribution in [0.2, 0.25) is 5.02 Å². The minimum atomic E-state index is -0.311. The van der Waals surface area contributed by atoms with Crippen LogP contribution in [0.15, 0.2) is 85.2 Å². The Labute approximate surface area is 210 Å². The molecule has 0 radical (unpaired) electrons. The van der Waals surface area contributed by atoms with Crippen molar-refractivity contribution in [3.63, 3.8) is 0 Å². The zero-order valence-corrected chi connectivity index (χ0v) is 20.1. The molecule has 0 spiro atoms. The van der Waals surface area contributed by atoms with E-state index >= 15 is 0 Å². The molecule has 4 heterocycles. The molecule has 1 aliphatic rings. The van der Waals surface area contributed by atoms with Crippen molar-refractivity contribution in [2.45, 2.75) is 12.1 Å². The number of thiocarbonyl (C=S) groups is 1. The van der Waals surface area contributed by atoms with Crippen molar-refractivity contribution in [1.82, 2.24) is 19.9 Å². The van der Waals surface area contributed by atoms with Crippen molar-refractivity contribution in [3.8, 4) is 10.9 Å². The Kier molecular flexibility index (Phi) is 5.21. The third kappa shape index (κ3) is 3.51. The van der Waals surface area contributed by atoms with E-state index in [-0.39, 0.29) is 17.8 Å². The van der Waals surface area contributed by atoms with Gasteiger partial charge in [0.2, 0.25) is 0 Å². The predicted octanol–water partition coefficient (Wildman–Crippen LogP) is 6.02. The molecule has 9 heteroatoms. The molecule has 168 valence electrons. The van der Waals surface area contributed by atoms with E-state index in [0.29, 0.717) is 15.8 Å². The molecule has 0 aliphatic carbocycles. The SMILES string of the molecule is Oc1ccc(Cl)cc1N1C(=S)N[C@@H](c2ccccn2)[C@@H]1c1cccn1-c1nc2ccccc2s1. The smallest absolute Gasteiger partial charge is 0.194 e. The maximum atomic E-state index is 10.7. The first-order valence-electron chi connectivity index (χ1n) is 10.6. The lowest BCUT2D eigenvalue weighted by Crippen LogP contribution is -2.30. The molecule has 34 heavy (non-hydrogen) atoms. The molecule has 6 nitrogen and oxygen atoms in total. The number of hydrogen-bond acceptors (Lipinski definition) is 5. The lowest BCUT2D eigenvalue weighted by atomic mass is 10.0. The molecule has 2 aromatic carbocycles. The third-order valence-corrected chi connectivity index (χ3v) is 7.45. The summed E-state index contributed by atoms with van der Waals surface area (Å²) in [4.78, 5) is 11.4. The zero-order chi connectivity index (χ0) is 23.2. The van der Waals surface area contributed by atoms with Crippen LogP contribution in [0.4, 0.5) is 5.69 Å². The van der Waals surface area contributed by atoms with Gasteiger partial charge in [0.25, 0.3) is 0 Å². The highest BCUT2D eigenvalue weighted by atomic mass is 35.5. The summed E-state index contributed by atoms with van der Waals surface area (Å²) in [7, 11) is 0. The first-order chi connectivity index (χ1) is 16.6. The number of aromatic nitrogens is 3. The molecule has 3 aromatic heterocycles. The summed E-state index contributed by atoms with van der Waals surface area (Å²) < 4.78 is 3.19. The fraction of sp³-hybridized carbons (Fsp3) is 0.0800. The summed E-state index contributed by atoms with van der Waals surface area (Å²) in [6, 6.07) is 22.3. The Morgan fingerprint density at radius 2 is 1.88 bits per heavy atom. The highest BCUT2D eigenvalue weighted by Gasteiger charge is 2.43. The lowest BCUT2D eigenvalue weighted by Gasteiger charge is -2.29. The molecule has 1 fully saturated rings. The van der Waals surface area contributed by atoms with E-state index in [4.69, 9.17) is 28.8 Å². The molecule has 1 aliphatic heterocycles. The number of benzene rings is 2. The van der Waals surface area contributed by atoms with Crippen LogP contribution < -0.4 is 10.2 Å². The fourth-order valence-corrected chi connectivity index (χ4v) is 5.85. The number of halogens is 1. The highest BCUT2D eigenvalue weighted by molar-refractivity contribution is 7.80. The largest absolute Gasteiger partial charge is 0.506 e. The average molecular weight is 504 g/mol. The van der Waals surface area contributed by atoms with Crippen LogP contribution in [0.5, 0.6) is 5.75 Å². The first kappa shape index (κ1) is 21.1. The van der Waals surface area contributed by atoms with Gasteiger partial charge >= 0.3 is 0 Å². The van der Waals surface area contributed by atoms with E-state index < -0.39 is 0 Å².